The molecule has 0 amide bonds. The van der Waals surface area contributed by atoms with E-state index in [4.69, 9.17) is 0 Å². The minimum atomic E-state index is -4.46. The van der Waals surface area contributed by atoms with Gasteiger partial charge < -0.3 is 10.2 Å². The van der Waals surface area contributed by atoms with Crippen LogP contribution in [0.25, 0.3) is 0 Å². The molecule has 0 saturated carbocycles. The maximum atomic E-state index is 12.8. The molecular formula is C21H21F3N6O2S. The number of piperazine rings is 1. The average Bonchev–Trinajstić information content (AvgIpc) is 2.80. The van der Waals surface area contributed by atoms with Crippen molar-refractivity contribution in [2.24, 2.45) is 0 Å². The van der Waals surface area contributed by atoms with Crippen LogP contribution in [-0.4, -0.2) is 53.9 Å². The Morgan fingerprint density at radius 2 is 1.64 bits per heavy atom. The highest BCUT2D eigenvalue weighted by Crippen LogP contribution is 2.29. The summed E-state index contributed by atoms with van der Waals surface area (Å²) in [5.41, 5.74) is -0.495. The molecule has 3 heterocycles. The van der Waals surface area contributed by atoms with Gasteiger partial charge in [0.1, 0.15) is 23.8 Å². The van der Waals surface area contributed by atoms with E-state index >= 15 is 0 Å². The largest absolute Gasteiger partial charge is 0.416 e. The second-order valence-electron chi connectivity index (χ2n) is 7.44. The standard InChI is InChI=1S/C21H21F3N6O2S/c22-21(23,24)17-6-4-16(5-7-17)14-33(31,32)30-11-9-29(10-12-30)20-13-19(26-15-27-20)28-18-3-1-2-8-25-18/h1-8,13,15H,9-12,14H2,(H,25,26,27,28). The predicted molar refractivity (Wildman–Crippen MR) is 117 cm³/mol. The van der Waals surface area contributed by atoms with E-state index < -0.39 is 21.8 Å². The molecule has 33 heavy (non-hydrogen) atoms. The number of nitrogens with zero attached hydrogens (tertiary/aromatic N) is 5. The number of nitrogens with one attached hydrogen (secondary N) is 1. The van der Waals surface area contributed by atoms with E-state index in [1.165, 1.54) is 22.8 Å². The van der Waals surface area contributed by atoms with Crippen LogP contribution in [0.4, 0.5) is 30.6 Å². The summed E-state index contributed by atoms with van der Waals surface area (Å²) in [7, 11) is -3.67. The summed E-state index contributed by atoms with van der Waals surface area (Å²) >= 11 is 0. The first-order valence-electron chi connectivity index (χ1n) is 10.1. The predicted octanol–water partition coefficient (Wildman–Crippen LogP) is 3.29. The van der Waals surface area contributed by atoms with Gasteiger partial charge in [0.15, 0.2) is 0 Å². The minimum absolute atomic E-state index is 0.246. The van der Waals surface area contributed by atoms with Gasteiger partial charge in [0, 0.05) is 38.4 Å². The van der Waals surface area contributed by atoms with Gasteiger partial charge in [-0.2, -0.15) is 17.5 Å². The van der Waals surface area contributed by atoms with Crippen molar-refractivity contribution in [3.63, 3.8) is 0 Å². The maximum Gasteiger partial charge on any atom is 0.416 e. The van der Waals surface area contributed by atoms with Crippen molar-refractivity contribution in [3.8, 4) is 0 Å². The molecule has 174 valence electrons. The molecule has 1 saturated heterocycles. The van der Waals surface area contributed by atoms with Crippen molar-refractivity contribution in [3.05, 3.63) is 72.2 Å². The summed E-state index contributed by atoms with van der Waals surface area (Å²) in [4.78, 5) is 14.6. The smallest absolute Gasteiger partial charge is 0.354 e. The average molecular weight is 479 g/mol. The van der Waals surface area contributed by atoms with E-state index in [0.29, 0.717) is 36.1 Å². The molecule has 8 nitrogen and oxygen atoms in total. The van der Waals surface area contributed by atoms with E-state index in [1.807, 2.05) is 23.1 Å². The summed E-state index contributed by atoms with van der Waals surface area (Å²) in [5.74, 6) is 1.51. The zero-order chi connectivity index (χ0) is 23.5. The summed E-state index contributed by atoms with van der Waals surface area (Å²) < 4.78 is 65.1. The summed E-state index contributed by atoms with van der Waals surface area (Å²) in [5, 5.41) is 3.09. The van der Waals surface area contributed by atoms with Crippen molar-refractivity contribution in [2.75, 3.05) is 36.4 Å². The van der Waals surface area contributed by atoms with Gasteiger partial charge in [-0.25, -0.2) is 23.4 Å². The molecule has 0 atom stereocenters. The highest BCUT2D eigenvalue weighted by atomic mass is 32.2. The lowest BCUT2D eigenvalue weighted by Crippen LogP contribution is -2.49. The Labute approximate surface area is 189 Å². The molecule has 0 unspecified atom stereocenters. The molecule has 0 aliphatic carbocycles. The number of aromatic nitrogens is 3. The number of anilines is 3. The van der Waals surface area contributed by atoms with Gasteiger partial charge in [0.05, 0.1) is 11.3 Å². The van der Waals surface area contributed by atoms with Crippen LogP contribution < -0.4 is 10.2 Å². The van der Waals surface area contributed by atoms with Crippen LogP contribution in [0, 0.1) is 0 Å². The molecule has 1 fully saturated rings. The van der Waals surface area contributed by atoms with Crippen molar-refractivity contribution in [1.82, 2.24) is 19.3 Å². The Balaban J connectivity index is 1.37. The lowest BCUT2D eigenvalue weighted by Gasteiger charge is -2.34. The fourth-order valence-corrected chi connectivity index (χ4v) is 4.96. The molecule has 0 bridgehead atoms. The van der Waals surface area contributed by atoms with Gasteiger partial charge in [0.2, 0.25) is 10.0 Å². The molecule has 3 aromatic rings. The van der Waals surface area contributed by atoms with Crippen LogP contribution in [0.3, 0.4) is 0 Å². The summed E-state index contributed by atoms with van der Waals surface area (Å²) in [6.07, 6.45) is -1.37. The zero-order valence-corrected chi connectivity index (χ0v) is 18.2. The number of hydrogen-bond donors (Lipinski definition) is 1. The van der Waals surface area contributed by atoms with Gasteiger partial charge in [-0.15, -0.1) is 0 Å². The summed E-state index contributed by atoms with van der Waals surface area (Å²) in [6.45, 7) is 1.34. The molecule has 12 heteroatoms. The molecule has 1 aromatic carbocycles. The Morgan fingerprint density at radius 1 is 0.909 bits per heavy atom. The zero-order valence-electron chi connectivity index (χ0n) is 17.4. The monoisotopic (exact) mass is 478 g/mol. The van der Waals surface area contributed by atoms with Gasteiger partial charge in [-0.1, -0.05) is 18.2 Å². The van der Waals surface area contributed by atoms with Crippen molar-refractivity contribution in [2.45, 2.75) is 11.9 Å². The molecule has 2 aromatic heterocycles. The Bertz CT molecular complexity index is 1180. The first-order valence-corrected chi connectivity index (χ1v) is 11.7. The van der Waals surface area contributed by atoms with Gasteiger partial charge in [-0.05, 0) is 29.8 Å². The molecule has 1 aliphatic rings. The normalized spacial score (nSPS) is 15.4. The number of alkyl halides is 3. The van der Waals surface area contributed by atoms with E-state index in [2.05, 4.69) is 20.3 Å². The molecule has 0 spiro atoms. The van der Waals surface area contributed by atoms with Crippen LogP contribution in [0.15, 0.2) is 61.1 Å². The lowest BCUT2D eigenvalue weighted by molar-refractivity contribution is -0.137. The van der Waals surface area contributed by atoms with Crippen molar-refractivity contribution < 1.29 is 21.6 Å². The molecule has 1 aliphatic heterocycles. The Morgan fingerprint density at radius 3 is 2.27 bits per heavy atom. The van der Waals surface area contributed by atoms with E-state index in [1.54, 1.807) is 12.3 Å². The highest BCUT2D eigenvalue weighted by Gasteiger charge is 2.31. The number of benzene rings is 1. The van der Waals surface area contributed by atoms with Crippen LogP contribution in [0.5, 0.6) is 0 Å². The number of hydrogen-bond acceptors (Lipinski definition) is 7. The number of halogens is 3. The first-order chi connectivity index (χ1) is 15.7. The van der Waals surface area contributed by atoms with Crippen LogP contribution in [0.2, 0.25) is 0 Å². The number of pyridine rings is 1. The van der Waals surface area contributed by atoms with Crippen molar-refractivity contribution >= 4 is 27.5 Å². The van der Waals surface area contributed by atoms with Gasteiger partial charge >= 0.3 is 6.18 Å². The fourth-order valence-electron chi connectivity index (χ4n) is 3.44. The minimum Gasteiger partial charge on any atom is -0.354 e. The van der Waals surface area contributed by atoms with E-state index in [-0.39, 0.29) is 18.8 Å². The van der Waals surface area contributed by atoms with Gasteiger partial charge in [-0.3, -0.25) is 0 Å². The highest BCUT2D eigenvalue weighted by molar-refractivity contribution is 7.88. The first kappa shape index (κ1) is 22.9. The molecular weight excluding hydrogens is 457 g/mol. The van der Waals surface area contributed by atoms with Crippen molar-refractivity contribution in [1.29, 1.82) is 0 Å². The SMILES string of the molecule is O=S(=O)(Cc1ccc(C(F)(F)F)cc1)N1CCN(c2cc(Nc3ccccn3)ncn2)CC1. The third-order valence-corrected chi connectivity index (χ3v) is 7.01. The molecule has 4 rings (SSSR count). The topological polar surface area (TPSA) is 91.3 Å². The number of rotatable bonds is 6. The van der Waals surface area contributed by atoms with E-state index in [9.17, 15) is 21.6 Å². The summed E-state index contributed by atoms with van der Waals surface area (Å²) in [6, 6.07) is 11.4. The fraction of sp³-hybridized carbons (Fsp3) is 0.286. The number of sulfonamides is 1. The third kappa shape index (κ3) is 5.76. The third-order valence-electron chi connectivity index (χ3n) is 5.16. The maximum absolute atomic E-state index is 12.8. The Kier molecular flexibility index (Phi) is 6.47. The van der Waals surface area contributed by atoms with Gasteiger partial charge in [0.25, 0.3) is 0 Å². The second kappa shape index (κ2) is 9.32. The van der Waals surface area contributed by atoms with Crippen LogP contribution in [0.1, 0.15) is 11.1 Å². The van der Waals surface area contributed by atoms with Crippen LogP contribution >= 0.6 is 0 Å². The van der Waals surface area contributed by atoms with E-state index in [0.717, 1.165) is 12.1 Å². The van der Waals surface area contributed by atoms with Crippen LogP contribution in [-0.2, 0) is 22.0 Å². The quantitative estimate of drug-likeness (QED) is 0.581. The Hall–Kier alpha value is -3.25. The molecule has 1 N–H and O–H groups in total. The molecule has 0 radical (unpaired) electrons. The second-order valence-corrected chi connectivity index (χ2v) is 9.41. The lowest BCUT2D eigenvalue weighted by atomic mass is 10.1.